The van der Waals surface area contributed by atoms with Crippen LogP contribution in [-0.4, -0.2) is 0 Å². The Labute approximate surface area is 116 Å². The molecule has 19 heavy (non-hydrogen) atoms. The van der Waals surface area contributed by atoms with Crippen molar-refractivity contribution in [2.24, 2.45) is 0 Å². The maximum absolute atomic E-state index is 13.8. The Bertz CT molecular complexity index is 548. The molecule has 1 atom stereocenters. The molecule has 2 rings (SSSR count). The van der Waals surface area contributed by atoms with Gasteiger partial charge < -0.3 is 0 Å². The van der Waals surface area contributed by atoms with Crippen LogP contribution in [0.4, 0.5) is 17.6 Å². The summed E-state index contributed by atoms with van der Waals surface area (Å²) in [7, 11) is 0. The highest BCUT2D eigenvalue weighted by Crippen LogP contribution is 2.36. The molecule has 0 amide bonds. The lowest BCUT2D eigenvalue weighted by atomic mass is 10.0. The van der Waals surface area contributed by atoms with Crippen molar-refractivity contribution in [2.75, 3.05) is 0 Å². The summed E-state index contributed by atoms with van der Waals surface area (Å²) in [6.07, 6.45) is -4.41. The Morgan fingerprint density at radius 2 is 1.89 bits per heavy atom. The average Bonchev–Trinajstić information content (AvgIpc) is 2.80. The van der Waals surface area contributed by atoms with Crippen molar-refractivity contribution in [1.29, 1.82) is 0 Å². The van der Waals surface area contributed by atoms with E-state index in [2.05, 4.69) is 0 Å². The second-order valence-electron chi connectivity index (χ2n) is 3.96. The van der Waals surface area contributed by atoms with Gasteiger partial charge in [0.15, 0.2) is 0 Å². The minimum absolute atomic E-state index is 0.120. The summed E-state index contributed by atoms with van der Waals surface area (Å²) in [4.78, 5) is 0.900. The lowest BCUT2D eigenvalue weighted by Gasteiger charge is -2.14. The van der Waals surface area contributed by atoms with E-state index in [1.807, 2.05) is 17.5 Å². The highest BCUT2D eigenvalue weighted by molar-refractivity contribution is 7.09. The van der Waals surface area contributed by atoms with Crippen LogP contribution in [0, 0.1) is 5.82 Å². The van der Waals surface area contributed by atoms with Gasteiger partial charge in [0.25, 0.3) is 0 Å². The van der Waals surface area contributed by atoms with E-state index < -0.39 is 22.9 Å². The van der Waals surface area contributed by atoms with E-state index in [0.717, 1.165) is 4.88 Å². The van der Waals surface area contributed by atoms with Gasteiger partial charge in [0.2, 0.25) is 0 Å². The highest BCUT2D eigenvalue weighted by atomic mass is 35.5. The second-order valence-corrected chi connectivity index (χ2v) is 5.52. The lowest BCUT2D eigenvalue weighted by Crippen LogP contribution is -2.11. The van der Waals surface area contributed by atoms with Gasteiger partial charge in [0.1, 0.15) is 5.82 Å². The van der Waals surface area contributed by atoms with E-state index in [1.165, 1.54) is 23.5 Å². The monoisotopic (exact) mass is 308 g/mol. The third-order valence-corrected chi connectivity index (χ3v) is 3.92. The molecule has 0 fully saturated rings. The molecule has 0 bridgehead atoms. The first-order valence-electron chi connectivity index (χ1n) is 5.41. The van der Waals surface area contributed by atoms with Crippen LogP contribution in [0.1, 0.15) is 21.4 Å². The van der Waals surface area contributed by atoms with E-state index in [4.69, 9.17) is 11.6 Å². The average molecular weight is 309 g/mol. The molecule has 0 aliphatic heterocycles. The van der Waals surface area contributed by atoms with Crippen LogP contribution in [0.15, 0.2) is 35.7 Å². The molecule has 0 saturated heterocycles. The normalized spacial score (nSPS) is 13.5. The molecule has 0 aliphatic carbocycles. The fourth-order valence-electron chi connectivity index (χ4n) is 1.73. The number of benzene rings is 1. The summed E-state index contributed by atoms with van der Waals surface area (Å²) >= 11 is 7.46. The highest BCUT2D eigenvalue weighted by Gasteiger charge is 2.35. The Kier molecular flexibility index (Phi) is 4.16. The number of hydrogen-bond acceptors (Lipinski definition) is 1. The molecule has 102 valence electrons. The van der Waals surface area contributed by atoms with Crippen LogP contribution in [-0.2, 0) is 12.6 Å². The number of thiophene rings is 1. The van der Waals surface area contributed by atoms with Gasteiger partial charge in [-0.3, -0.25) is 0 Å². The molecule has 2 aromatic rings. The molecule has 0 saturated carbocycles. The van der Waals surface area contributed by atoms with Gasteiger partial charge in [-0.25, -0.2) is 4.39 Å². The molecule has 0 N–H and O–H groups in total. The molecular weight excluding hydrogens is 300 g/mol. The predicted octanol–water partition coefficient (Wildman–Crippen LogP) is 5.43. The van der Waals surface area contributed by atoms with Crippen LogP contribution in [0.2, 0.25) is 0 Å². The van der Waals surface area contributed by atoms with Gasteiger partial charge in [-0.2, -0.15) is 13.2 Å². The van der Waals surface area contributed by atoms with Gasteiger partial charge >= 0.3 is 6.18 Å². The molecule has 6 heteroatoms. The van der Waals surface area contributed by atoms with Crippen molar-refractivity contribution in [3.8, 4) is 0 Å². The van der Waals surface area contributed by atoms with Crippen molar-refractivity contribution in [3.05, 3.63) is 57.5 Å². The first-order valence-corrected chi connectivity index (χ1v) is 6.73. The fraction of sp³-hybridized carbons (Fsp3) is 0.231. The predicted molar refractivity (Wildman–Crippen MR) is 68.0 cm³/mol. The van der Waals surface area contributed by atoms with Crippen molar-refractivity contribution in [2.45, 2.75) is 18.0 Å². The summed E-state index contributed by atoms with van der Waals surface area (Å²) < 4.78 is 51.6. The van der Waals surface area contributed by atoms with Crippen molar-refractivity contribution >= 4 is 22.9 Å². The third kappa shape index (κ3) is 3.28. The van der Waals surface area contributed by atoms with Gasteiger partial charge in [0.05, 0.1) is 10.9 Å². The maximum atomic E-state index is 13.8. The summed E-state index contributed by atoms with van der Waals surface area (Å²) in [6, 6.07) is 6.80. The Morgan fingerprint density at radius 3 is 2.47 bits per heavy atom. The van der Waals surface area contributed by atoms with Crippen molar-refractivity contribution in [1.82, 2.24) is 0 Å². The first-order chi connectivity index (χ1) is 8.89. The molecule has 0 nitrogen and oxygen atoms in total. The summed E-state index contributed by atoms with van der Waals surface area (Å²) in [6.45, 7) is 0. The second kappa shape index (κ2) is 5.51. The summed E-state index contributed by atoms with van der Waals surface area (Å²) in [5, 5.41) is 1.02. The zero-order valence-corrected chi connectivity index (χ0v) is 11.1. The molecule has 1 aromatic carbocycles. The van der Waals surface area contributed by atoms with Gasteiger partial charge in [0, 0.05) is 16.9 Å². The Morgan fingerprint density at radius 1 is 1.16 bits per heavy atom. The van der Waals surface area contributed by atoms with Crippen LogP contribution >= 0.6 is 22.9 Å². The first kappa shape index (κ1) is 14.3. The zero-order chi connectivity index (χ0) is 14.0. The molecule has 0 aliphatic rings. The fourth-order valence-corrected chi connectivity index (χ4v) is 2.90. The molecule has 0 spiro atoms. The molecule has 1 unspecified atom stereocenters. The van der Waals surface area contributed by atoms with Gasteiger partial charge in [-0.05, 0) is 17.5 Å². The summed E-state index contributed by atoms with van der Waals surface area (Å²) in [5.74, 6) is -1.29. The van der Waals surface area contributed by atoms with E-state index in [0.29, 0.717) is 12.5 Å². The summed E-state index contributed by atoms with van der Waals surface area (Å²) in [5.41, 5.74) is -1.40. The SMILES string of the molecule is Fc1c(C(Cl)Cc2cccs2)cccc1C(F)(F)F. The van der Waals surface area contributed by atoms with E-state index in [1.54, 1.807) is 0 Å². The zero-order valence-electron chi connectivity index (χ0n) is 9.55. The van der Waals surface area contributed by atoms with E-state index in [9.17, 15) is 17.6 Å². The lowest BCUT2D eigenvalue weighted by molar-refractivity contribution is -0.140. The third-order valence-electron chi connectivity index (χ3n) is 2.63. The van der Waals surface area contributed by atoms with Crippen LogP contribution in [0.5, 0.6) is 0 Å². The Balaban J connectivity index is 2.30. The van der Waals surface area contributed by atoms with E-state index >= 15 is 0 Å². The molecule has 1 aromatic heterocycles. The quantitative estimate of drug-likeness (QED) is 0.524. The number of halogens is 5. The molecule has 1 heterocycles. The Hall–Kier alpha value is -1.07. The number of rotatable bonds is 3. The topological polar surface area (TPSA) is 0 Å². The largest absolute Gasteiger partial charge is 0.419 e. The van der Waals surface area contributed by atoms with Crippen LogP contribution < -0.4 is 0 Å². The minimum atomic E-state index is -4.71. The minimum Gasteiger partial charge on any atom is -0.206 e. The van der Waals surface area contributed by atoms with Gasteiger partial charge in [-0.15, -0.1) is 22.9 Å². The van der Waals surface area contributed by atoms with Gasteiger partial charge in [-0.1, -0.05) is 18.2 Å². The van der Waals surface area contributed by atoms with Crippen molar-refractivity contribution in [3.63, 3.8) is 0 Å². The van der Waals surface area contributed by atoms with Crippen molar-refractivity contribution < 1.29 is 17.6 Å². The van der Waals surface area contributed by atoms with E-state index in [-0.39, 0.29) is 5.56 Å². The molecule has 0 radical (unpaired) electrons. The van der Waals surface area contributed by atoms with Crippen LogP contribution in [0.25, 0.3) is 0 Å². The standard InChI is InChI=1S/C13H9ClF4S/c14-11(7-8-3-2-6-19-8)9-4-1-5-10(12(9)15)13(16,17)18/h1-6,11H,7H2. The maximum Gasteiger partial charge on any atom is 0.419 e. The van der Waals surface area contributed by atoms with Crippen LogP contribution in [0.3, 0.4) is 0 Å². The number of hydrogen-bond donors (Lipinski definition) is 0. The smallest absolute Gasteiger partial charge is 0.206 e. The molecular formula is C13H9ClF4S. The number of alkyl halides is 4.